The van der Waals surface area contributed by atoms with Gasteiger partial charge in [0, 0.05) is 7.05 Å². The summed E-state index contributed by atoms with van der Waals surface area (Å²) in [5, 5.41) is 2.92. The van der Waals surface area contributed by atoms with E-state index >= 15 is 0 Å². The molecule has 1 rings (SSSR count). The molecule has 0 heterocycles. The molecule has 1 N–H and O–H groups in total. The lowest BCUT2D eigenvalue weighted by Gasteiger charge is -2.21. The standard InChI is InChI=1S/C14H22N2O3/c1-11(15-2)14(17)16(3)9-10-19-13-7-5-12(18-4)6-8-13/h5-8,11,15H,9-10H2,1-4H3. The van der Waals surface area contributed by atoms with E-state index in [-0.39, 0.29) is 11.9 Å². The third kappa shape index (κ3) is 4.79. The van der Waals surface area contributed by atoms with Crippen LogP contribution in [-0.2, 0) is 4.79 Å². The highest BCUT2D eigenvalue weighted by atomic mass is 16.5. The Kier molecular flexibility index (Phi) is 6.15. The predicted octanol–water partition coefficient (Wildman–Crippen LogP) is 1.14. The molecule has 0 saturated carbocycles. The van der Waals surface area contributed by atoms with E-state index in [9.17, 15) is 4.79 Å². The third-order valence-corrected chi connectivity index (χ3v) is 2.93. The molecule has 0 saturated heterocycles. The Morgan fingerprint density at radius 1 is 1.32 bits per heavy atom. The lowest BCUT2D eigenvalue weighted by Crippen LogP contribution is -2.43. The molecule has 0 fully saturated rings. The Morgan fingerprint density at radius 3 is 2.42 bits per heavy atom. The quantitative estimate of drug-likeness (QED) is 0.804. The predicted molar refractivity (Wildman–Crippen MR) is 74.6 cm³/mol. The average molecular weight is 266 g/mol. The Morgan fingerprint density at radius 2 is 1.89 bits per heavy atom. The minimum absolute atomic E-state index is 0.0563. The summed E-state index contributed by atoms with van der Waals surface area (Å²) < 4.78 is 10.6. The summed E-state index contributed by atoms with van der Waals surface area (Å²) in [4.78, 5) is 13.4. The molecular weight excluding hydrogens is 244 g/mol. The van der Waals surface area contributed by atoms with Crippen LogP contribution in [0.1, 0.15) is 6.92 Å². The van der Waals surface area contributed by atoms with Crippen molar-refractivity contribution in [2.24, 2.45) is 0 Å². The zero-order chi connectivity index (χ0) is 14.3. The summed E-state index contributed by atoms with van der Waals surface area (Å²) >= 11 is 0. The number of rotatable bonds is 7. The molecule has 106 valence electrons. The lowest BCUT2D eigenvalue weighted by molar-refractivity contribution is -0.131. The highest BCUT2D eigenvalue weighted by Crippen LogP contribution is 2.16. The van der Waals surface area contributed by atoms with Crippen molar-refractivity contribution < 1.29 is 14.3 Å². The van der Waals surface area contributed by atoms with Crippen molar-refractivity contribution in [3.8, 4) is 11.5 Å². The Bertz CT molecular complexity index is 392. The van der Waals surface area contributed by atoms with Gasteiger partial charge in [-0.05, 0) is 38.2 Å². The summed E-state index contributed by atoms with van der Waals surface area (Å²) in [7, 11) is 5.16. The fourth-order valence-corrected chi connectivity index (χ4v) is 1.54. The van der Waals surface area contributed by atoms with Crippen LogP contribution in [0.5, 0.6) is 11.5 Å². The molecule has 0 spiro atoms. The second-order valence-electron chi connectivity index (χ2n) is 4.29. The van der Waals surface area contributed by atoms with Gasteiger partial charge in [0.05, 0.1) is 19.7 Å². The second kappa shape index (κ2) is 7.63. The first-order chi connectivity index (χ1) is 9.08. The molecule has 0 aromatic heterocycles. The Balaban J connectivity index is 2.35. The molecule has 19 heavy (non-hydrogen) atoms. The molecule has 1 aromatic rings. The van der Waals surface area contributed by atoms with Gasteiger partial charge < -0.3 is 19.7 Å². The first-order valence-corrected chi connectivity index (χ1v) is 6.27. The van der Waals surface area contributed by atoms with Gasteiger partial charge in [0.15, 0.2) is 0 Å². The number of ether oxygens (including phenoxy) is 2. The van der Waals surface area contributed by atoms with Gasteiger partial charge in [0.2, 0.25) is 5.91 Å². The second-order valence-corrected chi connectivity index (χ2v) is 4.29. The Labute approximate surface area is 114 Å². The van der Waals surface area contributed by atoms with Crippen LogP contribution >= 0.6 is 0 Å². The molecule has 0 bridgehead atoms. The molecule has 0 aliphatic carbocycles. The number of hydrogen-bond donors (Lipinski definition) is 1. The van der Waals surface area contributed by atoms with Crippen molar-refractivity contribution >= 4 is 5.91 Å². The van der Waals surface area contributed by atoms with E-state index in [1.54, 1.807) is 26.1 Å². The van der Waals surface area contributed by atoms with E-state index in [4.69, 9.17) is 9.47 Å². The molecule has 1 atom stereocenters. The van der Waals surface area contributed by atoms with Gasteiger partial charge in [0.1, 0.15) is 18.1 Å². The van der Waals surface area contributed by atoms with Crippen LogP contribution in [0.4, 0.5) is 0 Å². The SMILES string of the molecule is CNC(C)C(=O)N(C)CCOc1ccc(OC)cc1. The molecule has 0 aliphatic rings. The van der Waals surface area contributed by atoms with Crippen molar-refractivity contribution in [1.82, 2.24) is 10.2 Å². The minimum Gasteiger partial charge on any atom is -0.497 e. The highest BCUT2D eigenvalue weighted by Gasteiger charge is 2.14. The number of carbonyl (C=O) groups excluding carboxylic acids is 1. The molecule has 1 aromatic carbocycles. The summed E-state index contributed by atoms with van der Waals surface area (Å²) in [5.41, 5.74) is 0. The number of nitrogens with one attached hydrogen (secondary N) is 1. The zero-order valence-electron chi connectivity index (χ0n) is 12.0. The first kappa shape index (κ1) is 15.3. The van der Waals surface area contributed by atoms with Gasteiger partial charge in [0.25, 0.3) is 0 Å². The van der Waals surface area contributed by atoms with E-state index in [1.807, 2.05) is 31.2 Å². The van der Waals surface area contributed by atoms with E-state index in [1.165, 1.54) is 0 Å². The maximum atomic E-state index is 11.8. The van der Waals surface area contributed by atoms with Crippen LogP contribution in [0.25, 0.3) is 0 Å². The fourth-order valence-electron chi connectivity index (χ4n) is 1.54. The molecule has 0 radical (unpaired) electrons. The van der Waals surface area contributed by atoms with Crippen molar-refractivity contribution in [1.29, 1.82) is 0 Å². The van der Waals surface area contributed by atoms with E-state index in [0.717, 1.165) is 11.5 Å². The maximum Gasteiger partial charge on any atom is 0.239 e. The lowest BCUT2D eigenvalue weighted by atomic mass is 10.3. The fraction of sp³-hybridized carbons (Fsp3) is 0.500. The summed E-state index contributed by atoms with van der Waals surface area (Å²) in [5.74, 6) is 1.62. The van der Waals surface area contributed by atoms with Gasteiger partial charge in [-0.25, -0.2) is 0 Å². The Hall–Kier alpha value is -1.75. The number of hydrogen-bond acceptors (Lipinski definition) is 4. The van der Waals surface area contributed by atoms with Crippen molar-refractivity contribution in [2.45, 2.75) is 13.0 Å². The summed E-state index contributed by atoms with van der Waals surface area (Å²) in [6.07, 6.45) is 0. The van der Waals surface area contributed by atoms with E-state index < -0.39 is 0 Å². The minimum atomic E-state index is -0.175. The molecule has 1 amide bonds. The molecule has 5 nitrogen and oxygen atoms in total. The van der Waals surface area contributed by atoms with Crippen LogP contribution in [0.3, 0.4) is 0 Å². The number of methoxy groups -OCH3 is 1. The normalized spacial score (nSPS) is 11.8. The highest BCUT2D eigenvalue weighted by molar-refractivity contribution is 5.81. The number of carbonyl (C=O) groups is 1. The molecular formula is C14H22N2O3. The summed E-state index contributed by atoms with van der Waals surface area (Å²) in [6, 6.07) is 7.19. The number of benzene rings is 1. The first-order valence-electron chi connectivity index (χ1n) is 6.27. The van der Waals surface area contributed by atoms with Crippen LogP contribution in [0, 0.1) is 0 Å². The molecule has 5 heteroatoms. The monoisotopic (exact) mass is 266 g/mol. The third-order valence-electron chi connectivity index (χ3n) is 2.93. The molecule has 1 unspecified atom stereocenters. The number of likely N-dealkylation sites (N-methyl/N-ethyl adjacent to an activating group) is 2. The van der Waals surface area contributed by atoms with Gasteiger partial charge in [-0.1, -0.05) is 0 Å². The van der Waals surface area contributed by atoms with Crippen LogP contribution in [-0.4, -0.2) is 51.2 Å². The van der Waals surface area contributed by atoms with Gasteiger partial charge >= 0.3 is 0 Å². The van der Waals surface area contributed by atoms with Crippen LogP contribution in [0.2, 0.25) is 0 Å². The maximum absolute atomic E-state index is 11.8. The topological polar surface area (TPSA) is 50.8 Å². The smallest absolute Gasteiger partial charge is 0.239 e. The van der Waals surface area contributed by atoms with Gasteiger partial charge in [-0.2, -0.15) is 0 Å². The van der Waals surface area contributed by atoms with Crippen molar-refractivity contribution in [2.75, 3.05) is 34.4 Å². The molecule has 0 aliphatic heterocycles. The van der Waals surface area contributed by atoms with Crippen molar-refractivity contribution in [3.05, 3.63) is 24.3 Å². The van der Waals surface area contributed by atoms with Crippen LogP contribution < -0.4 is 14.8 Å². The number of amides is 1. The average Bonchev–Trinajstić information content (AvgIpc) is 2.46. The zero-order valence-corrected chi connectivity index (χ0v) is 12.0. The summed E-state index contributed by atoms with van der Waals surface area (Å²) in [6.45, 7) is 2.85. The number of nitrogens with zero attached hydrogens (tertiary/aromatic N) is 1. The largest absolute Gasteiger partial charge is 0.497 e. The van der Waals surface area contributed by atoms with E-state index in [0.29, 0.717) is 13.2 Å². The van der Waals surface area contributed by atoms with Gasteiger partial charge in [-0.3, -0.25) is 4.79 Å². The van der Waals surface area contributed by atoms with Crippen molar-refractivity contribution in [3.63, 3.8) is 0 Å². The van der Waals surface area contributed by atoms with E-state index in [2.05, 4.69) is 5.32 Å². The van der Waals surface area contributed by atoms with Gasteiger partial charge in [-0.15, -0.1) is 0 Å². The van der Waals surface area contributed by atoms with Crippen LogP contribution in [0.15, 0.2) is 24.3 Å².